The van der Waals surface area contributed by atoms with Crippen molar-refractivity contribution in [1.29, 1.82) is 0 Å². The van der Waals surface area contributed by atoms with Gasteiger partial charge in [-0.25, -0.2) is 4.39 Å². The fourth-order valence-electron chi connectivity index (χ4n) is 4.22. The van der Waals surface area contributed by atoms with Crippen molar-refractivity contribution in [3.8, 4) is 0 Å². The summed E-state index contributed by atoms with van der Waals surface area (Å²) in [7, 11) is 1.80. The van der Waals surface area contributed by atoms with Gasteiger partial charge in [-0.15, -0.1) is 12.4 Å². The Morgan fingerprint density at radius 3 is 2.54 bits per heavy atom. The summed E-state index contributed by atoms with van der Waals surface area (Å²) >= 11 is 0. The molecular formula is C19H29ClFNO2. The minimum Gasteiger partial charge on any atom is -0.387 e. The molecule has 3 atom stereocenters. The van der Waals surface area contributed by atoms with Gasteiger partial charge in [-0.2, -0.15) is 0 Å². The van der Waals surface area contributed by atoms with Gasteiger partial charge in [-0.3, -0.25) is 0 Å². The summed E-state index contributed by atoms with van der Waals surface area (Å²) in [5.41, 5.74) is 0.409. The van der Waals surface area contributed by atoms with Crippen molar-refractivity contribution in [3.63, 3.8) is 0 Å². The van der Waals surface area contributed by atoms with E-state index < -0.39 is 6.10 Å². The molecule has 136 valence electrons. The third kappa shape index (κ3) is 4.69. The van der Waals surface area contributed by atoms with Crippen molar-refractivity contribution in [2.75, 3.05) is 7.11 Å². The predicted molar refractivity (Wildman–Crippen MR) is 95.9 cm³/mol. The SMILES string of the molecule is COC1CCC(C[C@@H]2CC[C@H]([C@H](O)c3ccccc3F)N2)CC1.Cl. The molecule has 3 rings (SSSR count). The molecule has 0 radical (unpaired) electrons. The van der Waals surface area contributed by atoms with Gasteiger partial charge >= 0.3 is 0 Å². The Morgan fingerprint density at radius 2 is 1.88 bits per heavy atom. The molecule has 2 N–H and O–H groups in total. The van der Waals surface area contributed by atoms with E-state index in [1.807, 2.05) is 0 Å². The molecular weight excluding hydrogens is 329 g/mol. The van der Waals surface area contributed by atoms with Crippen molar-refractivity contribution in [2.24, 2.45) is 5.92 Å². The van der Waals surface area contributed by atoms with Crippen LogP contribution in [0.15, 0.2) is 24.3 Å². The van der Waals surface area contributed by atoms with Crippen LogP contribution < -0.4 is 5.32 Å². The highest BCUT2D eigenvalue weighted by molar-refractivity contribution is 5.85. The van der Waals surface area contributed by atoms with Crippen LogP contribution in [0.4, 0.5) is 4.39 Å². The lowest BCUT2D eigenvalue weighted by Gasteiger charge is -2.29. The first kappa shape index (κ1) is 19.6. The highest BCUT2D eigenvalue weighted by Gasteiger charge is 2.33. The quantitative estimate of drug-likeness (QED) is 0.837. The number of benzene rings is 1. The first-order valence-corrected chi connectivity index (χ1v) is 8.88. The molecule has 5 heteroatoms. The van der Waals surface area contributed by atoms with Crippen molar-refractivity contribution in [2.45, 2.75) is 69.2 Å². The number of rotatable bonds is 5. The van der Waals surface area contributed by atoms with Gasteiger partial charge in [-0.1, -0.05) is 18.2 Å². The average molecular weight is 358 g/mol. The molecule has 1 aromatic rings. The maximum absolute atomic E-state index is 13.8. The molecule has 1 aliphatic heterocycles. The van der Waals surface area contributed by atoms with Crippen LogP contribution in [-0.4, -0.2) is 30.4 Å². The second-order valence-electron chi connectivity index (χ2n) is 7.13. The lowest BCUT2D eigenvalue weighted by Crippen LogP contribution is -2.36. The lowest BCUT2D eigenvalue weighted by molar-refractivity contribution is 0.0538. The fourth-order valence-corrected chi connectivity index (χ4v) is 4.22. The molecule has 24 heavy (non-hydrogen) atoms. The molecule has 1 heterocycles. The second-order valence-corrected chi connectivity index (χ2v) is 7.13. The number of nitrogens with one attached hydrogen (secondary N) is 1. The molecule has 2 aliphatic rings. The standard InChI is InChI=1S/C19H28FNO2.ClH/c1-23-15-9-6-13(7-10-15)12-14-8-11-18(21-14)19(22)16-4-2-3-5-17(16)20;/h2-5,13-15,18-19,21-22H,6-12H2,1H3;1H/t13?,14-,15?,18+,19+;/m0./s1. The summed E-state index contributed by atoms with van der Waals surface area (Å²) in [6, 6.07) is 6.95. The zero-order valence-electron chi connectivity index (χ0n) is 14.3. The number of hydrogen-bond acceptors (Lipinski definition) is 3. The highest BCUT2D eigenvalue weighted by Crippen LogP contribution is 2.33. The fraction of sp³-hybridized carbons (Fsp3) is 0.684. The lowest BCUT2D eigenvalue weighted by atomic mass is 9.83. The molecule has 0 unspecified atom stereocenters. The van der Waals surface area contributed by atoms with E-state index in [1.54, 1.807) is 25.3 Å². The Morgan fingerprint density at radius 1 is 1.17 bits per heavy atom. The molecule has 1 saturated carbocycles. The molecule has 3 nitrogen and oxygen atoms in total. The van der Waals surface area contributed by atoms with Gasteiger partial charge in [0.2, 0.25) is 0 Å². The Balaban J connectivity index is 0.00000208. The summed E-state index contributed by atoms with van der Waals surface area (Å²) < 4.78 is 19.3. The number of ether oxygens (including phenoxy) is 1. The van der Waals surface area contributed by atoms with Crippen molar-refractivity contribution < 1.29 is 14.2 Å². The van der Waals surface area contributed by atoms with E-state index in [0.717, 1.165) is 38.0 Å². The summed E-state index contributed by atoms with van der Waals surface area (Å²) in [5.74, 6) is 0.436. The topological polar surface area (TPSA) is 41.5 Å². The van der Waals surface area contributed by atoms with E-state index in [0.29, 0.717) is 17.7 Å². The molecule has 1 saturated heterocycles. The van der Waals surface area contributed by atoms with E-state index in [2.05, 4.69) is 5.32 Å². The normalized spacial score (nSPS) is 31.5. The molecule has 0 spiro atoms. The Labute approximate surface area is 150 Å². The maximum Gasteiger partial charge on any atom is 0.129 e. The van der Waals surface area contributed by atoms with E-state index in [1.165, 1.54) is 18.9 Å². The molecule has 1 aliphatic carbocycles. The van der Waals surface area contributed by atoms with E-state index in [4.69, 9.17) is 4.74 Å². The molecule has 1 aromatic carbocycles. The highest BCUT2D eigenvalue weighted by atomic mass is 35.5. The largest absolute Gasteiger partial charge is 0.387 e. The monoisotopic (exact) mass is 357 g/mol. The van der Waals surface area contributed by atoms with Gasteiger partial charge in [0.1, 0.15) is 5.82 Å². The van der Waals surface area contributed by atoms with Crippen LogP contribution in [0.2, 0.25) is 0 Å². The molecule has 0 amide bonds. The summed E-state index contributed by atoms with van der Waals surface area (Å²) in [6.07, 6.45) is 7.62. The number of hydrogen-bond donors (Lipinski definition) is 2. The number of methoxy groups -OCH3 is 1. The van der Waals surface area contributed by atoms with Crippen LogP contribution in [0.1, 0.15) is 56.6 Å². The predicted octanol–water partition coefficient (Wildman–Crippen LogP) is 4.00. The maximum atomic E-state index is 13.8. The Hall–Kier alpha value is -0.680. The first-order valence-electron chi connectivity index (χ1n) is 8.88. The summed E-state index contributed by atoms with van der Waals surface area (Å²) in [5, 5.41) is 14.0. The molecule has 2 fully saturated rings. The van der Waals surface area contributed by atoms with Crippen LogP contribution in [0, 0.1) is 11.7 Å². The third-order valence-electron chi connectivity index (χ3n) is 5.63. The van der Waals surface area contributed by atoms with Gasteiger partial charge < -0.3 is 15.2 Å². The average Bonchev–Trinajstić information content (AvgIpc) is 3.04. The van der Waals surface area contributed by atoms with Crippen molar-refractivity contribution in [1.82, 2.24) is 5.32 Å². The van der Waals surface area contributed by atoms with Crippen LogP contribution in [0.5, 0.6) is 0 Å². The van der Waals surface area contributed by atoms with Crippen LogP contribution in [0.3, 0.4) is 0 Å². The molecule has 0 aromatic heterocycles. The third-order valence-corrected chi connectivity index (χ3v) is 5.63. The van der Waals surface area contributed by atoms with Gasteiger partial charge in [0, 0.05) is 24.8 Å². The van der Waals surface area contributed by atoms with Crippen molar-refractivity contribution >= 4 is 12.4 Å². The van der Waals surface area contributed by atoms with E-state index in [9.17, 15) is 9.50 Å². The smallest absolute Gasteiger partial charge is 0.129 e. The van der Waals surface area contributed by atoms with Crippen LogP contribution in [-0.2, 0) is 4.74 Å². The van der Waals surface area contributed by atoms with E-state index >= 15 is 0 Å². The zero-order valence-corrected chi connectivity index (χ0v) is 15.1. The first-order chi connectivity index (χ1) is 11.2. The minimum atomic E-state index is -0.759. The Kier molecular flexibility index (Phi) is 7.48. The van der Waals surface area contributed by atoms with Gasteiger partial charge in [0.15, 0.2) is 0 Å². The Bertz CT molecular complexity index is 508. The summed E-state index contributed by atoms with van der Waals surface area (Å²) in [4.78, 5) is 0. The molecule has 0 bridgehead atoms. The zero-order chi connectivity index (χ0) is 16.2. The summed E-state index contributed by atoms with van der Waals surface area (Å²) in [6.45, 7) is 0. The number of aliphatic hydroxyl groups is 1. The second kappa shape index (κ2) is 9.14. The van der Waals surface area contributed by atoms with Gasteiger partial charge in [0.25, 0.3) is 0 Å². The van der Waals surface area contributed by atoms with Gasteiger partial charge in [0.05, 0.1) is 12.2 Å². The van der Waals surface area contributed by atoms with Gasteiger partial charge in [-0.05, 0) is 56.9 Å². The number of halogens is 2. The van der Waals surface area contributed by atoms with E-state index in [-0.39, 0.29) is 24.3 Å². The van der Waals surface area contributed by atoms with Crippen LogP contribution in [0.25, 0.3) is 0 Å². The minimum absolute atomic E-state index is 0. The number of aliphatic hydroxyl groups excluding tert-OH is 1. The van der Waals surface area contributed by atoms with Crippen molar-refractivity contribution in [3.05, 3.63) is 35.6 Å². The van der Waals surface area contributed by atoms with Crippen LogP contribution >= 0.6 is 12.4 Å².